The third-order valence-electron chi connectivity index (χ3n) is 4.96. The first kappa shape index (κ1) is 23.9. The number of hydrogen-bond donors (Lipinski definition) is 3. The molecule has 9 nitrogen and oxygen atoms in total. The van der Waals surface area contributed by atoms with Crippen molar-refractivity contribution >= 4 is 40.6 Å². The number of primary amides is 1. The Bertz CT molecular complexity index is 1120. The summed E-state index contributed by atoms with van der Waals surface area (Å²) in [5, 5.41) is 2.94. The Balaban J connectivity index is 2.10. The number of pyridine rings is 1. The van der Waals surface area contributed by atoms with E-state index in [1.54, 1.807) is 48.8 Å². The molecule has 0 spiro atoms. The Morgan fingerprint density at radius 1 is 1.09 bits per heavy atom. The second-order valence-corrected chi connectivity index (χ2v) is 8.58. The lowest BCUT2D eigenvalue weighted by atomic mass is 10.0. The van der Waals surface area contributed by atoms with Gasteiger partial charge in [0.25, 0.3) is 11.8 Å². The van der Waals surface area contributed by atoms with Crippen LogP contribution in [-0.2, 0) is 4.79 Å². The predicted octanol–water partition coefficient (Wildman–Crippen LogP) is 2.77. The number of nitrogens with zero attached hydrogens (tertiary/aromatic N) is 3. The lowest BCUT2D eigenvalue weighted by molar-refractivity contribution is -0.122. The van der Waals surface area contributed by atoms with Crippen molar-refractivity contribution < 1.29 is 14.4 Å². The molecule has 172 valence electrons. The van der Waals surface area contributed by atoms with Crippen LogP contribution < -0.4 is 21.7 Å². The molecule has 0 aliphatic carbocycles. The summed E-state index contributed by atoms with van der Waals surface area (Å²) in [5.41, 5.74) is 12.1. The molecule has 3 amide bonds. The zero-order chi connectivity index (χ0) is 24.0. The van der Waals surface area contributed by atoms with Gasteiger partial charge in [-0.25, -0.2) is 0 Å². The number of aromatic nitrogens is 2. The monoisotopic (exact) mass is 466 g/mol. The number of rotatable bonds is 9. The van der Waals surface area contributed by atoms with E-state index in [9.17, 15) is 14.4 Å². The summed E-state index contributed by atoms with van der Waals surface area (Å²) in [4.78, 5) is 44.2. The number of amides is 3. The van der Waals surface area contributed by atoms with Crippen molar-refractivity contribution in [3.8, 4) is 0 Å². The summed E-state index contributed by atoms with van der Waals surface area (Å²) >= 11 is 0.771. The normalized spacial score (nSPS) is 11.7. The van der Waals surface area contributed by atoms with Crippen LogP contribution in [-0.4, -0.2) is 33.6 Å². The predicted molar refractivity (Wildman–Crippen MR) is 128 cm³/mol. The van der Waals surface area contributed by atoms with Crippen LogP contribution in [0.5, 0.6) is 0 Å². The minimum absolute atomic E-state index is 0.0293. The van der Waals surface area contributed by atoms with Crippen LogP contribution in [0.3, 0.4) is 0 Å². The van der Waals surface area contributed by atoms with Gasteiger partial charge in [-0.3, -0.25) is 24.3 Å². The average molecular weight is 467 g/mol. The molecule has 2 aromatic heterocycles. The quantitative estimate of drug-likeness (QED) is 0.442. The largest absolute Gasteiger partial charge is 0.395 e. The Labute approximate surface area is 196 Å². The number of para-hydroxylation sites is 1. The van der Waals surface area contributed by atoms with Gasteiger partial charge in [0.05, 0.1) is 5.69 Å². The summed E-state index contributed by atoms with van der Waals surface area (Å²) in [6.45, 7) is 4.59. The van der Waals surface area contributed by atoms with E-state index in [-0.39, 0.29) is 22.2 Å². The molecule has 0 fully saturated rings. The zero-order valence-corrected chi connectivity index (χ0v) is 19.2. The summed E-state index contributed by atoms with van der Waals surface area (Å²) < 4.78 is 3.94. The molecule has 1 atom stereocenters. The van der Waals surface area contributed by atoms with Gasteiger partial charge < -0.3 is 16.8 Å². The summed E-state index contributed by atoms with van der Waals surface area (Å²) in [6, 6.07) is 11.1. The number of nitrogen functional groups attached to an aromatic ring is 1. The van der Waals surface area contributed by atoms with Gasteiger partial charge >= 0.3 is 0 Å². The molecule has 0 radical (unpaired) electrons. The highest BCUT2D eigenvalue weighted by Gasteiger charge is 2.35. The van der Waals surface area contributed by atoms with Crippen LogP contribution in [0, 0.1) is 5.92 Å². The molecule has 1 aromatic carbocycles. The van der Waals surface area contributed by atoms with E-state index >= 15 is 0 Å². The number of nitrogens with two attached hydrogens (primary N) is 2. The molecule has 0 bridgehead atoms. The van der Waals surface area contributed by atoms with Crippen molar-refractivity contribution in [2.75, 3.05) is 17.2 Å². The number of anilines is 2. The number of benzene rings is 1. The minimum atomic E-state index is -1.01. The molecule has 0 saturated heterocycles. The van der Waals surface area contributed by atoms with Crippen molar-refractivity contribution in [3.63, 3.8) is 0 Å². The van der Waals surface area contributed by atoms with Gasteiger partial charge in [0, 0.05) is 24.6 Å². The first-order valence-corrected chi connectivity index (χ1v) is 11.2. The SMILES string of the molecule is CC(C)CCNC(=O)[C@H](c1ccncc1)N(C(=O)c1snc(C(N)=O)c1N)c1ccccc1. The molecule has 5 N–H and O–H groups in total. The molecule has 3 aromatic rings. The number of carbonyl (C=O) groups is 3. The lowest BCUT2D eigenvalue weighted by Crippen LogP contribution is -2.44. The van der Waals surface area contributed by atoms with E-state index in [0.29, 0.717) is 23.7 Å². The van der Waals surface area contributed by atoms with Gasteiger partial charge in [0.1, 0.15) is 10.9 Å². The van der Waals surface area contributed by atoms with E-state index in [1.807, 2.05) is 6.07 Å². The lowest BCUT2D eigenvalue weighted by Gasteiger charge is -2.31. The van der Waals surface area contributed by atoms with Gasteiger partial charge in [-0.2, -0.15) is 4.37 Å². The smallest absolute Gasteiger partial charge is 0.273 e. The zero-order valence-electron chi connectivity index (χ0n) is 18.4. The Morgan fingerprint density at radius 2 is 1.76 bits per heavy atom. The number of carbonyl (C=O) groups excluding carboxylic acids is 3. The van der Waals surface area contributed by atoms with Gasteiger partial charge in [0.15, 0.2) is 5.69 Å². The van der Waals surface area contributed by atoms with Crippen molar-refractivity contribution in [2.45, 2.75) is 26.3 Å². The van der Waals surface area contributed by atoms with Crippen LogP contribution in [0.2, 0.25) is 0 Å². The third kappa shape index (κ3) is 5.53. The third-order valence-corrected chi connectivity index (χ3v) is 5.81. The highest BCUT2D eigenvalue weighted by Crippen LogP contribution is 2.32. The Kier molecular flexibility index (Phi) is 7.73. The molecule has 0 unspecified atom stereocenters. The molecular weight excluding hydrogens is 440 g/mol. The van der Waals surface area contributed by atoms with Crippen molar-refractivity contribution in [1.82, 2.24) is 14.7 Å². The van der Waals surface area contributed by atoms with Crippen LogP contribution in [0.1, 0.15) is 52.0 Å². The van der Waals surface area contributed by atoms with E-state index < -0.39 is 17.9 Å². The first-order valence-electron chi connectivity index (χ1n) is 10.4. The fraction of sp³-hybridized carbons (Fsp3) is 0.261. The van der Waals surface area contributed by atoms with Gasteiger partial charge in [-0.1, -0.05) is 32.0 Å². The van der Waals surface area contributed by atoms with E-state index in [4.69, 9.17) is 11.5 Å². The van der Waals surface area contributed by atoms with Gasteiger partial charge in [-0.15, -0.1) is 0 Å². The molecule has 3 rings (SSSR count). The fourth-order valence-electron chi connectivity index (χ4n) is 3.25. The second-order valence-electron chi connectivity index (χ2n) is 7.81. The number of hydrogen-bond acceptors (Lipinski definition) is 7. The minimum Gasteiger partial charge on any atom is -0.395 e. The Hall–Kier alpha value is -3.79. The standard InChI is InChI=1S/C23H26N6O3S/c1-14(2)8-13-27-22(31)19(15-9-11-26-12-10-15)29(16-6-4-3-5-7-16)23(32)20-17(24)18(21(25)30)28-33-20/h3-7,9-12,14,19H,8,13,24H2,1-2H3,(H2,25,30)(H,27,31)/t19-/m0/s1. The average Bonchev–Trinajstić information content (AvgIpc) is 3.19. The van der Waals surface area contributed by atoms with Crippen LogP contribution in [0.25, 0.3) is 0 Å². The maximum atomic E-state index is 13.8. The van der Waals surface area contributed by atoms with E-state index in [0.717, 1.165) is 18.0 Å². The van der Waals surface area contributed by atoms with Crippen molar-refractivity contribution in [2.24, 2.45) is 11.7 Å². The summed E-state index contributed by atoms with van der Waals surface area (Å²) in [5.74, 6) is -1.34. The highest BCUT2D eigenvalue weighted by molar-refractivity contribution is 7.09. The molecule has 0 aliphatic heterocycles. The molecule has 2 heterocycles. The topological polar surface area (TPSA) is 144 Å². The molecule has 33 heavy (non-hydrogen) atoms. The summed E-state index contributed by atoms with van der Waals surface area (Å²) in [6.07, 6.45) is 3.91. The van der Waals surface area contributed by atoms with Crippen molar-refractivity contribution in [1.29, 1.82) is 0 Å². The second kappa shape index (κ2) is 10.7. The van der Waals surface area contributed by atoms with Gasteiger partial charge in [-0.05, 0) is 53.7 Å². The maximum Gasteiger partial charge on any atom is 0.273 e. The van der Waals surface area contributed by atoms with E-state index in [2.05, 4.69) is 28.5 Å². The maximum absolute atomic E-state index is 13.8. The molecule has 0 saturated carbocycles. The number of nitrogens with one attached hydrogen (secondary N) is 1. The molecule has 10 heteroatoms. The van der Waals surface area contributed by atoms with Crippen LogP contribution in [0.15, 0.2) is 54.9 Å². The molecule has 0 aliphatic rings. The fourth-order valence-corrected chi connectivity index (χ4v) is 4.00. The highest BCUT2D eigenvalue weighted by atomic mass is 32.1. The van der Waals surface area contributed by atoms with Gasteiger partial charge in [0.2, 0.25) is 5.91 Å². The van der Waals surface area contributed by atoms with Crippen molar-refractivity contribution in [3.05, 3.63) is 71.0 Å². The Morgan fingerprint density at radius 3 is 2.33 bits per heavy atom. The van der Waals surface area contributed by atoms with Crippen LogP contribution in [0.4, 0.5) is 11.4 Å². The summed E-state index contributed by atoms with van der Waals surface area (Å²) in [7, 11) is 0. The molecular formula is C23H26N6O3S. The van der Waals surface area contributed by atoms with Crippen LogP contribution >= 0.6 is 11.5 Å². The van der Waals surface area contributed by atoms with E-state index in [1.165, 1.54) is 4.90 Å². The first-order chi connectivity index (χ1) is 15.8.